The number of carbonyl (C=O) groups is 2. The van der Waals surface area contributed by atoms with Crippen LogP contribution >= 0.6 is 22.9 Å². The number of rotatable bonds is 4. The Hall–Kier alpha value is -1.66. The number of hydrogen-bond donors (Lipinski definition) is 1. The molecule has 2 rings (SSSR count). The average Bonchev–Trinajstić information content (AvgIpc) is 2.79. The van der Waals surface area contributed by atoms with E-state index in [1.54, 1.807) is 25.1 Å². The van der Waals surface area contributed by atoms with Gasteiger partial charge in [0.25, 0.3) is 0 Å². The van der Waals surface area contributed by atoms with Crippen LogP contribution in [0.4, 0.5) is 5.13 Å². The minimum absolute atomic E-state index is 0.121. The van der Waals surface area contributed by atoms with Crippen molar-refractivity contribution >= 4 is 50.2 Å². The molecule has 100 valence electrons. The molecule has 19 heavy (non-hydrogen) atoms. The number of benzene rings is 1. The number of halogens is 1. The number of anilines is 1. The van der Waals surface area contributed by atoms with Crippen LogP contribution in [0.3, 0.4) is 0 Å². The van der Waals surface area contributed by atoms with E-state index in [2.05, 4.69) is 10.3 Å². The molecular formula is C12H11ClN2O3S. The van der Waals surface area contributed by atoms with E-state index in [1.165, 1.54) is 11.3 Å². The van der Waals surface area contributed by atoms with E-state index >= 15 is 0 Å². The summed E-state index contributed by atoms with van der Waals surface area (Å²) in [5.41, 5.74) is 1.18. The standard InChI is InChI=1S/C12H11ClN2O3S/c1-2-18-11(17)7-3-4-8-9(5-7)19-12(14-8)15-10(16)6-13/h3-5H,2,6H2,1H3,(H,14,15,16). The summed E-state index contributed by atoms with van der Waals surface area (Å²) in [7, 11) is 0. The minimum Gasteiger partial charge on any atom is -0.462 e. The Morgan fingerprint density at radius 3 is 2.95 bits per heavy atom. The Morgan fingerprint density at radius 2 is 2.26 bits per heavy atom. The van der Waals surface area contributed by atoms with Gasteiger partial charge in [0, 0.05) is 0 Å². The van der Waals surface area contributed by atoms with Crippen LogP contribution in [-0.4, -0.2) is 29.3 Å². The molecule has 0 bridgehead atoms. The molecular weight excluding hydrogens is 288 g/mol. The number of thiazole rings is 1. The van der Waals surface area contributed by atoms with Crippen LogP contribution in [0.15, 0.2) is 18.2 Å². The van der Waals surface area contributed by atoms with Gasteiger partial charge in [0.2, 0.25) is 5.91 Å². The number of carbonyl (C=O) groups excluding carboxylic acids is 2. The quantitative estimate of drug-likeness (QED) is 0.696. The van der Waals surface area contributed by atoms with Crippen molar-refractivity contribution in [3.05, 3.63) is 23.8 Å². The van der Waals surface area contributed by atoms with Crippen molar-refractivity contribution in [2.75, 3.05) is 17.8 Å². The van der Waals surface area contributed by atoms with Crippen molar-refractivity contribution in [3.8, 4) is 0 Å². The smallest absolute Gasteiger partial charge is 0.338 e. The topological polar surface area (TPSA) is 68.3 Å². The minimum atomic E-state index is -0.371. The summed E-state index contributed by atoms with van der Waals surface area (Å²) in [6, 6.07) is 5.06. The van der Waals surface area contributed by atoms with Crippen molar-refractivity contribution in [1.29, 1.82) is 0 Å². The van der Waals surface area contributed by atoms with Crippen LogP contribution < -0.4 is 5.32 Å². The second-order valence-electron chi connectivity index (χ2n) is 3.60. The van der Waals surface area contributed by atoms with Gasteiger partial charge in [-0.05, 0) is 25.1 Å². The number of ether oxygens (including phenoxy) is 1. The van der Waals surface area contributed by atoms with E-state index in [9.17, 15) is 9.59 Å². The first-order chi connectivity index (χ1) is 9.13. The number of fused-ring (bicyclic) bond motifs is 1. The lowest BCUT2D eigenvalue weighted by Crippen LogP contribution is -2.11. The van der Waals surface area contributed by atoms with Gasteiger partial charge >= 0.3 is 5.97 Å². The van der Waals surface area contributed by atoms with Gasteiger partial charge in [-0.2, -0.15) is 0 Å². The molecule has 1 heterocycles. The maximum absolute atomic E-state index is 11.6. The molecule has 0 spiro atoms. The van der Waals surface area contributed by atoms with Crippen molar-refractivity contribution in [2.24, 2.45) is 0 Å². The van der Waals surface area contributed by atoms with Crippen LogP contribution in [0.5, 0.6) is 0 Å². The summed E-state index contributed by atoms with van der Waals surface area (Å²) >= 11 is 6.69. The predicted octanol–water partition coefficient (Wildman–Crippen LogP) is 2.65. The highest BCUT2D eigenvalue weighted by Crippen LogP contribution is 2.27. The van der Waals surface area contributed by atoms with Crippen LogP contribution in [-0.2, 0) is 9.53 Å². The van der Waals surface area contributed by atoms with E-state index in [0.29, 0.717) is 22.8 Å². The summed E-state index contributed by atoms with van der Waals surface area (Å²) in [6.07, 6.45) is 0. The number of aromatic nitrogens is 1. The van der Waals surface area contributed by atoms with E-state index in [-0.39, 0.29) is 17.8 Å². The van der Waals surface area contributed by atoms with Crippen LogP contribution in [0.25, 0.3) is 10.2 Å². The largest absolute Gasteiger partial charge is 0.462 e. The lowest BCUT2D eigenvalue weighted by atomic mass is 10.2. The van der Waals surface area contributed by atoms with Gasteiger partial charge in [-0.15, -0.1) is 11.6 Å². The monoisotopic (exact) mass is 298 g/mol. The molecule has 1 aromatic heterocycles. The maximum atomic E-state index is 11.6. The van der Waals surface area contributed by atoms with E-state index < -0.39 is 0 Å². The van der Waals surface area contributed by atoms with Crippen LogP contribution in [0, 0.1) is 0 Å². The third-order valence-electron chi connectivity index (χ3n) is 2.27. The molecule has 0 atom stereocenters. The molecule has 0 aliphatic heterocycles. The average molecular weight is 299 g/mol. The highest BCUT2D eigenvalue weighted by molar-refractivity contribution is 7.22. The van der Waals surface area contributed by atoms with Crippen molar-refractivity contribution in [2.45, 2.75) is 6.92 Å². The molecule has 1 amide bonds. The lowest BCUT2D eigenvalue weighted by Gasteiger charge is -2.00. The van der Waals surface area contributed by atoms with Gasteiger partial charge in [-0.25, -0.2) is 9.78 Å². The van der Waals surface area contributed by atoms with Crippen molar-refractivity contribution in [1.82, 2.24) is 4.98 Å². The normalized spacial score (nSPS) is 10.4. The second kappa shape index (κ2) is 5.99. The van der Waals surface area contributed by atoms with Crippen molar-refractivity contribution in [3.63, 3.8) is 0 Å². The Labute approximate surface area is 118 Å². The number of esters is 1. The summed E-state index contributed by atoms with van der Waals surface area (Å²) in [6.45, 7) is 2.08. The molecule has 2 aromatic rings. The first-order valence-corrected chi connectivity index (χ1v) is 6.92. The summed E-state index contributed by atoms with van der Waals surface area (Å²) in [5, 5.41) is 3.04. The zero-order valence-electron chi connectivity index (χ0n) is 10.1. The number of alkyl halides is 1. The number of nitrogens with zero attached hydrogens (tertiary/aromatic N) is 1. The third kappa shape index (κ3) is 3.21. The number of nitrogens with one attached hydrogen (secondary N) is 1. The lowest BCUT2D eigenvalue weighted by molar-refractivity contribution is -0.113. The van der Waals surface area contributed by atoms with Gasteiger partial charge in [0.1, 0.15) is 5.88 Å². The van der Waals surface area contributed by atoms with Gasteiger partial charge in [-0.1, -0.05) is 11.3 Å². The third-order valence-corrected chi connectivity index (χ3v) is 3.44. The van der Waals surface area contributed by atoms with Gasteiger partial charge in [0.15, 0.2) is 5.13 Å². The first kappa shape index (κ1) is 13.8. The summed E-state index contributed by atoms with van der Waals surface area (Å²) < 4.78 is 5.73. The van der Waals surface area contributed by atoms with E-state index in [4.69, 9.17) is 16.3 Å². The number of hydrogen-bond acceptors (Lipinski definition) is 5. The highest BCUT2D eigenvalue weighted by atomic mass is 35.5. The molecule has 0 fully saturated rings. The zero-order chi connectivity index (χ0) is 13.8. The molecule has 0 unspecified atom stereocenters. The fourth-order valence-electron chi connectivity index (χ4n) is 1.47. The Bertz CT molecular complexity index is 626. The molecule has 0 saturated carbocycles. The van der Waals surface area contributed by atoms with Crippen molar-refractivity contribution < 1.29 is 14.3 Å². The first-order valence-electron chi connectivity index (χ1n) is 5.57. The van der Waals surface area contributed by atoms with Gasteiger partial charge in [0.05, 0.1) is 22.4 Å². The zero-order valence-corrected chi connectivity index (χ0v) is 11.7. The second-order valence-corrected chi connectivity index (χ2v) is 4.90. The van der Waals surface area contributed by atoms with E-state index in [1.807, 2.05) is 0 Å². The molecule has 1 N–H and O–H groups in total. The Balaban J connectivity index is 2.28. The predicted molar refractivity (Wildman–Crippen MR) is 74.9 cm³/mol. The Kier molecular flexibility index (Phi) is 4.34. The SMILES string of the molecule is CCOC(=O)c1ccc2nc(NC(=O)CCl)sc2c1. The number of amides is 1. The van der Waals surface area contributed by atoms with Crippen LogP contribution in [0.2, 0.25) is 0 Å². The van der Waals surface area contributed by atoms with Gasteiger partial charge < -0.3 is 10.1 Å². The fraction of sp³-hybridized carbons (Fsp3) is 0.250. The van der Waals surface area contributed by atoms with E-state index in [0.717, 1.165) is 4.70 Å². The molecule has 0 saturated heterocycles. The molecule has 5 nitrogen and oxygen atoms in total. The maximum Gasteiger partial charge on any atom is 0.338 e. The molecule has 7 heteroatoms. The summed E-state index contributed by atoms with van der Waals surface area (Å²) in [4.78, 5) is 27.0. The Morgan fingerprint density at radius 1 is 1.47 bits per heavy atom. The fourth-order valence-corrected chi connectivity index (χ4v) is 2.46. The summed E-state index contributed by atoms with van der Waals surface area (Å²) in [5.74, 6) is -0.806. The van der Waals surface area contributed by atoms with Gasteiger partial charge in [-0.3, -0.25) is 4.79 Å². The van der Waals surface area contributed by atoms with Crippen LogP contribution in [0.1, 0.15) is 17.3 Å². The molecule has 0 aliphatic rings. The molecule has 0 aliphatic carbocycles. The molecule has 1 aromatic carbocycles. The highest BCUT2D eigenvalue weighted by Gasteiger charge is 2.11. The molecule has 0 radical (unpaired) electrons.